The van der Waals surface area contributed by atoms with Gasteiger partial charge in [0.2, 0.25) is 0 Å². The molecule has 0 bridgehead atoms. The number of oxime groups is 1. The molecule has 1 aromatic rings. The van der Waals surface area contributed by atoms with Crippen LogP contribution >= 0.6 is 0 Å². The van der Waals surface area contributed by atoms with Crippen LogP contribution in [0, 0.1) is 0 Å². The van der Waals surface area contributed by atoms with E-state index in [0.717, 1.165) is 24.1 Å². The molecule has 0 unspecified atom stereocenters. The molecule has 80 valence electrons. The molecule has 0 heterocycles. The van der Waals surface area contributed by atoms with Crippen LogP contribution in [0.4, 0.5) is 0 Å². The molecule has 0 fully saturated rings. The van der Waals surface area contributed by atoms with Gasteiger partial charge in [0.1, 0.15) is 0 Å². The first-order chi connectivity index (χ1) is 7.36. The second kappa shape index (κ2) is 6.79. The van der Waals surface area contributed by atoms with Gasteiger partial charge in [-0.05, 0) is 37.2 Å². The topological polar surface area (TPSA) is 44.6 Å². The molecule has 2 N–H and O–H groups in total. The highest BCUT2D eigenvalue weighted by Gasteiger charge is 1.89. The van der Waals surface area contributed by atoms with Gasteiger partial charge >= 0.3 is 0 Å². The van der Waals surface area contributed by atoms with E-state index in [1.54, 1.807) is 0 Å². The van der Waals surface area contributed by atoms with E-state index in [2.05, 4.69) is 22.6 Å². The van der Waals surface area contributed by atoms with Gasteiger partial charge < -0.3 is 10.5 Å². The van der Waals surface area contributed by atoms with Gasteiger partial charge in [-0.2, -0.15) is 0 Å². The fraction of sp³-hybridized carbons (Fsp3) is 0.250. The average Bonchev–Trinajstić information content (AvgIpc) is 2.26. The average molecular weight is 204 g/mol. The van der Waals surface area contributed by atoms with Crippen molar-refractivity contribution in [2.45, 2.75) is 6.42 Å². The summed E-state index contributed by atoms with van der Waals surface area (Å²) in [5.74, 6) is 0. The third-order valence-corrected chi connectivity index (χ3v) is 1.99. The summed E-state index contributed by atoms with van der Waals surface area (Å²) in [6.45, 7) is 0.980. The summed E-state index contributed by atoms with van der Waals surface area (Å²) in [6.07, 6.45) is 6.61. The van der Waals surface area contributed by atoms with Crippen LogP contribution in [0.15, 0.2) is 35.5 Å². The number of nitrogens with one attached hydrogen (secondary N) is 1. The lowest BCUT2D eigenvalue weighted by molar-refractivity contribution is 0.322. The molecule has 3 nitrogen and oxygen atoms in total. The van der Waals surface area contributed by atoms with Crippen LogP contribution in [0.25, 0.3) is 6.08 Å². The van der Waals surface area contributed by atoms with E-state index < -0.39 is 0 Å². The molecule has 1 rings (SSSR count). The lowest BCUT2D eigenvalue weighted by atomic mass is 10.1. The predicted octanol–water partition coefficient (Wildman–Crippen LogP) is 2.12. The molecule has 0 saturated heterocycles. The summed E-state index contributed by atoms with van der Waals surface area (Å²) >= 11 is 0. The molecule has 0 aliphatic carbocycles. The van der Waals surface area contributed by atoms with E-state index in [4.69, 9.17) is 5.21 Å². The van der Waals surface area contributed by atoms with Crippen molar-refractivity contribution >= 4 is 12.3 Å². The van der Waals surface area contributed by atoms with Crippen LogP contribution in [0.3, 0.4) is 0 Å². The Morgan fingerprint density at radius 1 is 1.40 bits per heavy atom. The summed E-state index contributed by atoms with van der Waals surface area (Å²) < 4.78 is 0. The first-order valence-electron chi connectivity index (χ1n) is 4.95. The lowest BCUT2D eigenvalue weighted by Gasteiger charge is -1.96. The van der Waals surface area contributed by atoms with Gasteiger partial charge in [-0.1, -0.05) is 35.5 Å². The van der Waals surface area contributed by atoms with Crippen LogP contribution in [-0.2, 0) is 0 Å². The highest BCUT2D eigenvalue weighted by molar-refractivity contribution is 5.80. The standard InChI is InChI=1S/C12H16N2O/c1-13-8-3-2-5-11-6-4-7-12(9-11)10-14-15/h2,4-7,9-10,13,15H,3,8H2,1H3. The summed E-state index contributed by atoms with van der Waals surface area (Å²) in [5.41, 5.74) is 2.01. The van der Waals surface area contributed by atoms with Crippen LogP contribution in [0.1, 0.15) is 17.5 Å². The largest absolute Gasteiger partial charge is 0.411 e. The van der Waals surface area contributed by atoms with Crippen LogP contribution in [0.5, 0.6) is 0 Å². The van der Waals surface area contributed by atoms with E-state index in [-0.39, 0.29) is 0 Å². The Labute approximate surface area is 90.1 Å². The molecule has 15 heavy (non-hydrogen) atoms. The molecule has 0 aliphatic rings. The van der Waals surface area contributed by atoms with E-state index in [0.29, 0.717) is 0 Å². The molecule has 0 spiro atoms. The van der Waals surface area contributed by atoms with Gasteiger partial charge in [-0.25, -0.2) is 0 Å². The maximum atomic E-state index is 8.40. The molecule has 0 amide bonds. The zero-order chi connectivity index (χ0) is 10.9. The van der Waals surface area contributed by atoms with E-state index in [1.165, 1.54) is 6.21 Å². The van der Waals surface area contributed by atoms with E-state index in [9.17, 15) is 0 Å². The molecule has 1 aromatic carbocycles. The molecule has 0 radical (unpaired) electrons. The maximum Gasteiger partial charge on any atom is 0.0734 e. The monoisotopic (exact) mass is 204 g/mol. The Balaban J connectivity index is 2.61. The van der Waals surface area contributed by atoms with Crippen molar-refractivity contribution in [2.75, 3.05) is 13.6 Å². The van der Waals surface area contributed by atoms with Gasteiger partial charge in [0.05, 0.1) is 6.21 Å². The number of hydrogen-bond acceptors (Lipinski definition) is 3. The van der Waals surface area contributed by atoms with Crippen molar-refractivity contribution in [3.8, 4) is 0 Å². The van der Waals surface area contributed by atoms with Crippen LogP contribution < -0.4 is 5.32 Å². The third-order valence-electron chi connectivity index (χ3n) is 1.99. The van der Waals surface area contributed by atoms with Gasteiger partial charge in [0.15, 0.2) is 0 Å². The van der Waals surface area contributed by atoms with Gasteiger partial charge in [-0.15, -0.1) is 0 Å². The third kappa shape index (κ3) is 4.42. The normalized spacial score (nSPS) is 11.5. The Hall–Kier alpha value is -1.61. The maximum absolute atomic E-state index is 8.40. The zero-order valence-electron chi connectivity index (χ0n) is 8.85. The summed E-state index contributed by atoms with van der Waals surface area (Å²) in [6, 6.07) is 7.82. The van der Waals surface area contributed by atoms with E-state index >= 15 is 0 Å². The van der Waals surface area contributed by atoms with Crippen LogP contribution in [-0.4, -0.2) is 25.0 Å². The fourth-order valence-electron chi connectivity index (χ4n) is 1.26. The smallest absolute Gasteiger partial charge is 0.0734 e. The van der Waals surface area contributed by atoms with Crippen molar-refractivity contribution in [1.82, 2.24) is 5.32 Å². The zero-order valence-corrected chi connectivity index (χ0v) is 8.85. The van der Waals surface area contributed by atoms with Crippen molar-refractivity contribution in [3.63, 3.8) is 0 Å². The highest BCUT2D eigenvalue weighted by Crippen LogP contribution is 2.05. The number of hydrogen-bond donors (Lipinski definition) is 2. The molecule has 0 saturated carbocycles. The minimum absolute atomic E-state index is 0.897. The van der Waals surface area contributed by atoms with E-state index in [1.807, 2.05) is 31.3 Å². The highest BCUT2D eigenvalue weighted by atomic mass is 16.4. The number of rotatable bonds is 5. The Kier molecular flexibility index (Phi) is 5.19. The van der Waals surface area contributed by atoms with Crippen molar-refractivity contribution in [2.24, 2.45) is 5.16 Å². The number of nitrogens with zero attached hydrogens (tertiary/aromatic N) is 1. The first-order valence-corrected chi connectivity index (χ1v) is 4.95. The fourth-order valence-corrected chi connectivity index (χ4v) is 1.26. The Morgan fingerprint density at radius 3 is 2.93 bits per heavy atom. The lowest BCUT2D eigenvalue weighted by Crippen LogP contribution is -2.05. The molecule has 3 heteroatoms. The molecule has 0 atom stereocenters. The summed E-state index contributed by atoms with van der Waals surface area (Å²) in [4.78, 5) is 0. The first kappa shape index (κ1) is 11.5. The van der Waals surface area contributed by atoms with Gasteiger partial charge in [0.25, 0.3) is 0 Å². The van der Waals surface area contributed by atoms with Crippen LogP contribution in [0.2, 0.25) is 0 Å². The van der Waals surface area contributed by atoms with Gasteiger partial charge in [0, 0.05) is 0 Å². The molecule has 0 aliphatic heterocycles. The summed E-state index contributed by atoms with van der Waals surface area (Å²) in [7, 11) is 1.94. The van der Waals surface area contributed by atoms with Gasteiger partial charge in [-0.3, -0.25) is 0 Å². The van der Waals surface area contributed by atoms with Crippen molar-refractivity contribution < 1.29 is 5.21 Å². The second-order valence-corrected chi connectivity index (χ2v) is 3.21. The molecular formula is C12H16N2O. The quantitative estimate of drug-likeness (QED) is 0.334. The Morgan fingerprint density at radius 2 is 2.20 bits per heavy atom. The minimum Gasteiger partial charge on any atom is -0.411 e. The van der Waals surface area contributed by atoms with Crippen molar-refractivity contribution in [3.05, 3.63) is 41.5 Å². The predicted molar refractivity (Wildman–Crippen MR) is 63.4 cm³/mol. The summed E-state index contributed by atoms with van der Waals surface area (Å²) in [5, 5.41) is 14.5. The minimum atomic E-state index is 0.897. The SMILES string of the molecule is CNCCC=Cc1cccc(C=NO)c1. The molecular weight excluding hydrogens is 188 g/mol. The molecule has 0 aromatic heterocycles. The Bertz CT molecular complexity index is 345. The van der Waals surface area contributed by atoms with Crippen molar-refractivity contribution in [1.29, 1.82) is 0 Å². The second-order valence-electron chi connectivity index (χ2n) is 3.21. The number of benzene rings is 1.